The predicted octanol–water partition coefficient (Wildman–Crippen LogP) is 8.21. The maximum absolute atomic E-state index is 14.1. The molecule has 2 fully saturated rings. The number of halogens is 1. The second-order valence-electron chi connectivity index (χ2n) is 9.87. The van der Waals surface area contributed by atoms with Crippen LogP contribution in [0.2, 0.25) is 0 Å². The smallest absolute Gasteiger partial charge is 0.127 e. The Bertz CT molecular complexity index is 645. The number of nitrogens with zero attached hydrogens (tertiary/aromatic N) is 1. The first-order chi connectivity index (χ1) is 14.2. The molecule has 0 N–H and O–H groups in total. The summed E-state index contributed by atoms with van der Waals surface area (Å²) in [5, 5.41) is 8.87. The Hall–Kier alpha value is -1.36. The molecule has 0 radical (unpaired) electrons. The molecule has 29 heavy (non-hydrogen) atoms. The van der Waals surface area contributed by atoms with E-state index in [9.17, 15) is 4.39 Å². The molecule has 0 atom stereocenters. The fourth-order valence-corrected chi connectivity index (χ4v) is 5.94. The SMILES string of the molecule is CCCCCCC1CCC(C2CCC(CCc3ccc(C#N)cc3F)CC2)CC1. The summed E-state index contributed by atoms with van der Waals surface area (Å²) in [5.74, 6) is 3.51. The predicted molar refractivity (Wildman–Crippen MR) is 119 cm³/mol. The van der Waals surface area contributed by atoms with Gasteiger partial charge in [-0.25, -0.2) is 4.39 Å². The summed E-state index contributed by atoms with van der Waals surface area (Å²) >= 11 is 0. The lowest BCUT2D eigenvalue weighted by Crippen LogP contribution is -2.26. The number of hydrogen-bond donors (Lipinski definition) is 0. The van der Waals surface area contributed by atoms with Gasteiger partial charge in [-0.15, -0.1) is 0 Å². The summed E-state index contributed by atoms with van der Waals surface area (Å²) in [4.78, 5) is 0. The van der Waals surface area contributed by atoms with Crippen molar-refractivity contribution in [2.45, 2.75) is 103 Å². The number of unbranched alkanes of at least 4 members (excludes halogenated alkanes) is 3. The zero-order valence-corrected chi connectivity index (χ0v) is 18.5. The van der Waals surface area contributed by atoms with Crippen LogP contribution in [0.25, 0.3) is 0 Å². The highest BCUT2D eigenvalue weighted by atomic mass is 19.1. The van der Waals surface area contributed by atoms with Crippen LogP contribution in [0.1, 0.15) is 108 Å². The molecule has 2 aliphatic rings. The molecule has 160 valence electrons. The first-order valence-electron chi connectivity index (χ1n) is 12.4. The molecule has 1 aromatic carbocycles. The molecule has 0 unspecified atom stereocenters. The molecule has 0 amide bonds. The van der Waals surface area contributed by atoms with Gasteiger partial charge in [-0.1, -0.05) is 70.8 Å². The fraction of sp³-hybridized carbons (Fsp3) is 0.741. The molecule has 3 rings (SSSR count). The zero-order valence-electron chi connectivity index (χ0n) is 18.5. The largest absolute Gasteiger partial charge is 0.207 e. The van der Waals surface area contributed by atoms with Crippen molar-refractivity contribution >= 4 is 0 Å². The Morgan fingerprint density at radius 1 is 0.862 bits per heavy atom. The Labute approximate surface area is 178 Å². The van der Waals surface area contributed by atoms with Gasteiger partial charge in [0.05, 0.1) is 11.6 Å². The summed E-state index contributed by atoms with van der Waals surface area (Å²) < 4.78 is 14.1. The van der Waals surface area contributed by atoms with Gasteiger partial charge < -0.3 is 0 Å². The van der Waals surface area contributed by atoms with E-state index in [1.165, 1.54) is 89.5 Å². The summed E-state index contributed by atoms with van der Waals surface area (Å²) in [7, 11) is 0. The van der Waals surface area contributed by atoms with Crippen LogP contribution in [0.4, 0.5) is 4.39 Å². The summed E-state index contributed by atoms with van der Waals surface area (Å²) in [6.45, 7) is 2.30. The Kier molecular flexibility index (Phi) is 9.03. The van der Waals surface area contributed by atoms with Crippen LogP contribution in [0.15, 0.2) is 18.2 Å². The van der Waals surface area contributed by atoms with Crippen molar-refractivity contribution in [3.05, 3.63) is 35.1 Å². The molecular formula is C27H40FN. The van der Waals surface area contributed by atoms with Gasteiger partial charge in [0.1, 0.15) is 5.82 Å². The van der Waals surface area contributed by atoms with Gasteiger partial charge in [0, 0.05) is 0 Å². The third kappa shape index (κ3) is 6.84. The first kappa shape index (κ1) is 22.3. The lowest BCUT2D eigenvalue weighted by Gasteiger charge is -2.38. The molecule has 2 aliphatic carbocycles. The van der Waals surface area contributed by atoms with Crippen molar-refractivity contribution in [2.75, 3.05) is 0 Å². The number of nitriles is 1. The van der Waals surface area contributed by atoms with E-state index in [1.807, 2.05) is 6.07 Å². The maximum Gasteiger partial charge on any atom is 0.127 e. The summed E-state index contributed by atoms with van der Waals surface area (Å²) in [6, 6.07) is 6.95. The van der Waals surface area contributed by atoms with Crippen molar-refractivity contribution in [3.63, 3.8) is 0 Å². The van der Waals surface area contributed by atoms with Crippen LogP contribution in [-0.2, 0) is 6.42 Å². The summed E-state index contributed by atoms with van der Waals surface area (Å²) in [6.07, 6.45) is 20.4. The monoisotopic (exact) mass is 397 g/mol. The van der Waals surface area contributed by atoms with E-state index >= 15 is 0 Å². The third-order valence-corrected chi connectivity index (χ3v) is 7.92. The Morgan fingerprint density at radius 2 is 1.48 bits per heavy atom. The topological polar surface area (TPSA) is 23.8 Å². The van der Waals surface area contributed by atoms with Crippen molar-refractivity contribution in [2.24, 2.45) is 23.7 Å². The molecule has 1 nitrogen and oxygen atoms in total. The molecule has 2 saturated carbocycles. The van der Waals surface area contributed by atoms with Gasteiger partial charge in [-0.3, -0.25) is 0 Å². The highest BCUT2D eigenvalue weighted by molar-refractivity contribution is 5.32. The van der Waals surface area contributed by atoms with Crippen molar-refractivity contribution < 1.29 is 4.39 Å². The lowest BCUT2D eigenvalue weighted by molar-refractivity contribution is 0.140. The van der Waals surface area contributed by atoms with Crippen LogP contribution in [0.5, 0.6) is 0 Å². The van der Waals surface area contributed by atoms with Gasteiger partial charge >= 0.3 is 0 Å². The van der Waals surface area contributed by atoms with E-state index in [4.69, 9.17) is 5.26 Å². The van der Waals surface area contributed by atoms with Crippen molar-refractivity contribution in [1.82, 2.24) is 0 Å². The highest BCUT2D eigenvalue weighted by Gasteiger charge is 2.30. The highest BCUT2D eigenvalue weighted by Crippen LogP contribution is 2.43. The van der Waals surface area contributed by atoms with E-state index in [0.717, 1.165) is 42.1 Å². The molecule has 0 spiro atoms. The molecule has 0 aliphatic heterocycles. The van der Waals surface area contributed by atoms with E-state index in [1.54, 1.807) is 12.1 Å². The number of rotatable bonds is 9. The fourth-order valence-electron chi connectivity index (χ4n) is 5.94. The van der Waals surface area contributed by atoms with Crippen LogP contribution < -0.4 is 0 Å². The normalized spacial score (nSPS) is 27.5. The third-order valence-electron chi connectivity index (χ3n) is 7.92. The van der Waals surface area contributed by atoms with Gasteiger partial charge in [0.15, 0.2) is 0 Å². The average Bonchev–Trinajstić information content (AvgIpc) is 2.77. The van der Waals surface area contributed by atoms with E-state index in [0.29, 0.717) is 5.56 Å². The van der Waals surface area contributed by atoms with E-state index < -0.39 is 0 Å². The van der Waals surface area contributed by atoms with Crippen LogP contribution >= 0.6 is 0 Å². The lowest BCUT2D eigenvalue weighted by atomic mass is 9.68. The molecule has 0 saturated heterocycles. The standard InChI is InChI=1S/C27H40FN/c1-2-3-4-5-6-21-7-13-24(14-8-21)25-15-9-22(10-16-25)11-17-26-18-12-23(20-29)19-27(26)28/h12,18-19,21-22,24-25H,2-11,13-17H2,1H3. The minimum absolute atomic E-state index is 0.204. The maximum atomic E-state index is 14.1. The molecule has 1 aromatic rings. The number of benzene rings is 1. The number of hydrogen-bond acceptors (Lipinski definition) is 1. The molecule has 0 bridgehead atoms. The molecule has 2 heteroatoms. The van der Waals surface area contributed by atoms with Crippen molar-refractivity contribution in [3.8, 4) is 6.07 Å². The van der Waals surface area contributed by atoms with Crippen molar-refractivity contribution in [1.29, 1.82) is 5.26 Å². The second-order valence-corrected chi connectivity index (χ2v) is 9.87. The van der Waals surface area contributed by atoms with Gasteiger partial charge in [-0.2, -0.15) is 5.26 Å². The molecule has 0 aromatic heterocycles. The van der Waals surface area contributed by atoms with Gasteiger partial charge in [0.2, 0.25) is 0 Å². The number of aryl methyl sites for hydroxylation is 1. The van der Waals surface area contributed by atoms with Crippen LogP contribution in [0, 0.1) is 40.8 Å². The Balaban J connectivity index is 1.33. The van der Waals surface area contributed by atoms with Gasteiger partial charge in [-0.05, 0) is 79.9 Å². The average molecular weight is 398 g/mol. The quantitative estimate of drug-likeness (QED) is 0.385. The molecule has 0 heterocycles. The summed E-state index contributed by atoms with van der Waals surface area (Å²) in [5.41, 5.74) is 1.20. The van der Waals surface area contributed by atoms with E-state index in [2.05, 4.69) is 6.92 Å². The molecular weight excluding hydrogens is 357 g/mol. The van der Waals surface area contributed by atoms with Crippen LogP contribution in [0.3, 0.4) is 0 Å². The second kappa shape index (κ2) is 11.7. The minimum atomic E-state index is -0.204. The zero-order chi connectivity index (χ0) is 20.5. The van der Waals surface area contributed by atoms with E-state index in [-0.39, 0.29) is 5.82 Å². The van der Waals surface area contributed by atoms with Gasteiger partial charge in [0.25, 0.3) is 0 Å². The first-order valence-corrected chi connectivity index (χ1v) is 12.4. The van der Waals surface area contributed by atoms with Crippen LogP contribution in [-0.4, -0.2) is 0 Å². The minimum Gasteiger partial charge on any atom is -0.207 e. The Morgan fingerprint density at radius 3 is 2.03 bits per heavy atom.